The van der Waals surface area contributed by atoms with Gasteiger partial charge in [0.2, 0.25) is 5.88 Å². The summed E-state index contributed by atoms with van der Waals surface area (Å²) in [7, 11) is 1.28. The van der Waals surface area contributed by atoms with Gasteiger partial charge in [0.05, 0.1) is 6.54 Å². The van der Waals surface area contributed by atoms with Crippen LogP contribution in [-0.4, -0.2) is 72.5 Å². The van der Waals surface area contributed by atoms with Crippen molar-refractivity contribution in [2.24, 2.45) is 5.16 Å². The van der Waals surface area contributed by atoms with Crippen molar-refractivity contribution < 1.29 is 29.1 Å². The molecular weight excluding hydrogens is 474 g/mol. The van der Waals surface area contributed by atoms with Gasteiger partial charge in [0, 0.05) is 29.1 Å². The Bertz CT molecular complexity index is 1170. The molecule has 0 radical (unpaired) electrons. The number of carbonyl (C=O) groups excluding carboxylic acids is 2. The van der Waals surface area contributed by atoms with E-state index in [2.05, 4.69) is 20.4 Å². The maximum atomic E-state index is 12.9. The van der Waals surface area contributed by atoms with E-state index in [1.807, 2.05) is 11.5 Å². The predicted octanol–water partition coefficient (Wildman–Crippen LogP) is 0.587. The number of aromatic nitrogens is 3. The topological polar surface area (TPSA) is 174 Å². The molecule has 174 valence electrons. The number of aryl methyl sites for hydroxylation is 1. The number of anilines is 1. The van der Waals surface area contributed by atoms with Gasteiger partial charge < -0.3 is 30.3 Å². The number of β-lactam (4-membered cyclic amide) rings is 1. The van der Waals surface area contributed by atoms with E-state index in [1.54, 1.807) is 17.8 Å². The summed E-state index contributed by atoms with van der Waals surface area (Å²) in [6, 6.07) is -0.913. The highest BCUT2D eigenvalue weighted by molar-refractivity contribution is 8.00. The van der Waals surface area contributed by atoms with Crippen molar-refractivity contribution in [3.63, 3.8) is 0 Å². The number of rotatable bonds is 7. The molecule has 0 aliphatic carbocycles. The molecule has 2 aromatic rings. The van der Waals surface area contributed by atoms with Crippen LogP contribution in [0.4, 0.5) is 9.93 Å². The molecule has 4 rings (SSSR count). The first-order valence-electron chi connectivity index (χ1n) is 9.48. The van der Waals surface area contributed by atoms with E-state index < -0.39 is 29.4 Å². The Kier molecular flexibility index (Phi) is 6.24. The molecule has 4 heterocycles. The second-order valence-electron chi connectivity index (χ2n) is 6.93. The SMILES string of the molecule is CON=C(C(=O)NC1C(=O)N2C(OC(=O)O)=C(Cn3ccnc3C)CS[C@@H]12)c1csc(N)n1. The van der Waals surface area contributed by atoms with Gasteiger partial charge in [0.15, 0.2) is 10.8 Å². The molecule has 0 bridgehead atoms. The number of imidazole rings is 1. The van der Waals surface area contributed by atoms with Crippen molar-refractivity contribution in [3.8, 4) is 0 Å². The molecule has 1 unspecified atom stereocenters. The van der Waals surface area contributed by atoms with Crippen molar-refractivity contribution in [2.75, 3.05) is 18.6 Å². The van der Waals surface area contributed by atoms with Crippen molar-refractivity contribution in [2.45, 2.75) is 24.9 Å². The third-order valence-electron chi connectivity index (χ3n) is 4.91. The zero-order chi connectivity index (χ0) is 23.7. The molecule has 2 aliphatic heterocycles. The normalized spacial score (nSPS) is 20.2. The molecule has 1 saturated heterocycles. The van der Waals surface area contributed by atoms with Crippen LogP contribution < -0.4 is 11.1 Å². The lowest BCUT2D eigenvalue weighted by Gasteiger charge is -2.49. The van der Waals surface area contributed by atoms with Crippen LogP contribution in [-0.2, 0) is 25.7 Å². The zero-order valence-corrected chi connectivity index (χ0v) is 19.1. The van der Waals surface area contributed by atoms with Crippen molar-refractivity contribution in [3.05, 3.63) is 40.7 Å². The first kappa shape index (κ1) is 22.6. The van der Waals surface area contributed by atoms with Crippen LogP contribution in [0.3, 0.4) is 0 Å². The lowest BCUT2D eigenvalue weighted by molar-refractivity contribution is -0.148. The summed E-state index contributed by atoms with van der Waals surface area (Å²) in [5.41, 5.74) is 6.32. The molecule has 0 saturated carbocycles. The number of fused-ring (bicyclic) bond motifs is 1. The van der Waals surface area contributed by atoms with Gasteiger partial charge >= 0.3 is 6.16 Å². The Morgan fingerprint density at radius 3 is 2.85 bits per heavy atom. The van der Waals surface area contributed by atoms with Gasteiger partial charge in [-0.05, 0) is 6.92 Å². The van der Waals surface area contributed by atoms with Crippen LogP contribution >= 0.6 is 23.1 Å². The summed E-state index contributed by atoms with van der Waals surface area (Å²) in [4.78, 5) is 51.2. The minimum atomic E-state index is -1.54. The van der Waals surface area contributed by atoms with Gasteiger partial charge in [-0.15, -0.1) is 23.1 Å². The largest absolute Gasteiger partial charge is 0.512 e. The summed E-state index contributed by atoms with van der Waals surface area (Å²) in [5, 5.41) is 16.8. The number of hydrogen-bond donors (Lipinski definition) is 3. The molecule has 2 aromatic heterocycles. The van der Waals surface area contributed by atoms with Crippen molar-refractivity contribution >= 4 is 51.9 Å². The Labute approximate surface area is 195 Å². The van der Waals surface area contributed by atoms with E-state index in [0.717, 1.165) is 17.2 Å². The number of nitrogens with zero attached hydrogens (tertiary/aromatic N) is 5. The zero-order valence-electron chi connectivity index (χ0n) is 17.4. The maximum absolute atomic E-state index is 12.9. The Morgan fingerprint density at radius 2 is 2.24 bits per heavy atom. The number of carbonyl (C=O) groups is 3. The summed E-state index contributed by atoms with van der Waals surface area (Å²) < 4.78 is 6.80. The first-order valence-corrected chi connectivity index (χ1v) is 11.4. The summed E-state index contributed by atoms with van der Waals surface area (Å²) >= 11 is 2.51. The fraction of sp³-hybridized carbons (Fsp3) is 0.333. The second kappa shape index (κ2) is 9.11. The highest BCUT2D eigenvalue weighted by Gasteiger charge is 2.54. The minimum absolute atomic E-state index is 0.0482. The number of oxime groups is 1. The molecule has 2 aliphatic rings. The Hall–Kier alpha value is -3.59. The predicted molar refractivity (Wildman–Crippen MR) is 118 cm³/mol. The number of ether oxygens (including phenoxy) is 1. The van der Waals surface area contributed by atoms with E-state index in [9.17, 15) is 19.5 Å². The quantitative estimate of drug-likeness (QED) is 0.214. The molecule has 13 nitrogen and oxygen atoms in total. The Balaban J connectivity index is 1.54. The number of nitrogens with two attached hydrogens (primary N) is 1. The number of thiazole rings is 1. The van der Waals surface area contributed by atoms with Crippen LogP contribution in [0.15, 0.2) is 34.4 Å². The highest BCUT2D eigenvalue weighted by atomic mass is 32.2. The highest BCUT2D eigenvalue weighted by Crippen LogP contribution is 2.41. The average molecular weight is 494 g/mol. The maximum Gasteiger partial charge on any atom is 0.512 e. The summed E-state index contributed by atoms with van der Waals surface area (Å²) in [5.74, 6) is -0.107. The van der Waals surface area contributed by atoms with Crippen molar-refractivity contribution in [1.82, 2.24) is 24.8 Å². The molecule has 1 fully saturated rings. The molecule has 2 amide bonds. The van der Waals surface area contributed by atoms with E-state index in [-0.39, 0.29) is 22.4 Å². The lowest BCUT2D eigenvalue weighted by Crippen LogP contribution is -2.70. The molecule has 2 atom stereocenters. The van der Waals surface area contributed by atoms with Crippen LogP contribution in [0.5, 0.6) is 0 Å². The van der Waals surface area contributed by atoms with Gasteiger partial charge in [-0.1, -0.05) is 5.16 Å². The van der Waals surface area contributed by atoms with E-state index in [4.69, 9.17) is 15.3 Å². The van der Waals surface area contributed by atoms with Gasteiger partial charge in [-0.3, -0.25) is 14.5 Å². The molecule has 33 heavy (non-hydrogen) atoms. The third kappa shape index (κ3) is 4.36. The van der Waals surface area contributed by atoms with Gasteiger partial charge in [-0.2, -0.15) is 0 Å². The molecule has 4 N–H and O–H groups in total. The molecular formula is C18H19N7O6S2. The third-order valence-corrected chi connectivity index (χ3v) is 6.92. The smallest absolute Gasteiger partial charge is 0.449 e. The average Bonchev–Trinajstić information content (AvgIpc) is 3.38. The molecule has 0 aromatic carbocycles. The minimum Gasteiger partial charge on any atom is -0.449 e. The molecule has 0 spiro atoms. The second-order valence-corrected chi connectivity index (χ2v) is 8.93. The fourth-order valence-electron chi connectivity index (χ4n) is 3.40. The fourth-order valence-corrected chi connectivity index (χ4v) is 5.26. The standard InChI is InChI=1S/C18H19N7O6S2/c1-8-20-3-4-24(8)5-9-6-32-16-12(14(27)25(16)15(9)31-18(28)29)22-13(26)11(23-30-2)10-7-33-17(19)21-10/h3-4,7,12,16H,5-6H2,1-2H3,(H2,19,21)(H,22,26)(H,28,29)/t12?,16-/m0/s1. The molecule has 15 heteroatoms. The Morgan fingerprint density at radius 1 is 1.45 bits per heavy atom. The first-order chi connectivity index (χ1) is 15.8. The van der Waals surface area contributed by atoms with Crippen LogP contribution in [0, 0.1) is 6.92 Å². The lowest BCUT2D eigenvalue weighted by atomic mass is 10.1. The number of amides is 2. The number of carboxylic acid groups (broad SMARTS) is 1. The van der Waals surface area contributed by atoms with Crippen LogP contribution in [0.2, 0.25) is 0 Å². The number of hydrogen-bond acceptors (Lipinski definition) is 11. The van der Waals surface area contributed by atoms with Crippen LogP contribution in [0.25, 0.3) is 0 Å². The van der Waals surface area contributed by atoms with Crippen molar-refractivity contribution in [1.29, 1.82) is 0 Å². The van der Waals surface area contributed by atoms with Gasteiger partial charge in [0.1, 0.15) is 30.0 Å². The van der Waals surface area contributed by atoms with Gasteiger partial charge in [-0.25, -0.2) is 14.8 Å². The van der Waals surface area contributed by atoms with Gasteiger partial charge in [0.25, 0.3) is 11.8 Å². The number of nitrogen functional groups attached to an aromatic ring is 1. The summed E-state index contributed by atoms with van der Waals surface area (Å²) in [6.07, 6.45) is 1.84. The monoisotopic (exact) mass is 493 g/mol. The van der Waals surface area contributed by atoms with E-state index >= 15 is 0 Å². The number of thioether (sulfide) groups is 1. The number of nitrogens with one attached hydrogen (secondary N) is 1. The van der Waals surface area contributed by atoms with E-state index in [1.165, 1.54) is 23.8 Å². The van der Waals surface area contributed by atoms with E-state index in [0.29, 0.717) is 17.9 Å². The van der Waals surface area contributed by atoms with Crippen LogP contribution in [0.1, 0.15) is 11.5 Å². The summed E-state index contributed by atoms with van der Waals surface area (Å²) in [6.45, 7) is 2.12.